The third-order valence-corrected chi connectivity index (χ3v) is 3.60. The lowest BCUT2D eigenvalue weighted by atomic mass is 9.93. The number of pyridine rings is 1. The monoisotopic (exact) mass is 292 g/mol. The van der Waals surface area contributed by atoms with E-state index in [4.69, 9.17) is 9.84 Å². The zero-order valence-corrected chi connectivity index (χ0v) is 13.0. The maximum absolute atomic E-state index is 12.0. The predicted octanol–water partition coefficient (Wildman–Crippen LogP) is 2.69. The number of hydrogen-bond acceptors (Lipinski definition) is 4. The van der Waals surface area contributed by atoms with E-state index in [-0.39, 0.29) is 12.7 Å². The predicted molar refractivity (Wildman–Crippen MR) is 79.9 cm³/mol. The van der Waals surface area contributed by atoms with Crippen molar-refractivity contribution in [2.45, 2.75) is 51.7 Å². The fourth-order valence-electron chi connectivity index (χ4n) is 2.46. The van der Waals surface area contributed by atoms with Crippen LogP contribution in [0.1, 0.15) is 50.8 Å². The molecule has 1 saturated heterocycles. The molecule has 1 aromatic heterocycles. The second kappa shape index (κ2) is 6.43. The van der Waals surface area contributed by atoms with Gasteiger partial charge in [0.15, 0.2) is 0 Å². The van der Waals surface area contributed by atoms with Gasteiger partial charge in [-0.05, 0) is 45.2 Å². The fraction of sp³-hybridized carbons (Fsp3) is 0.625. The Morgan fingerprint density at radius 2 is 2.05 bits per heavy atom. The van der Waals surface area contributed by atoms with Gasteiger partial charge in [0.25, 0.3) is 0 Å². The number of aliphatic hydroxyl groups excluding tert-OH is 1. The number of likely N-dealkylation sites (tertiary alicyclic amines) is 1. The van der Waals surface area contributed by atoms with E-state index in [1.807, 2.05) is 32.9 Å². The number of amides is 1. The first-order valence-corrected chi connectivity index (χ1v) is 7.42. The molecule has 21 heavy (non-hydrogen) atoms. The zero-order valence-electron chi connectivity index (χ0n) is 13.0. The van der Waals surface area contributed by atoms with Crippen LogP contribution in [0, 0.1) is 0 Å². The minimum atomic E-state index is -0.449. The molecule has 0 radical (unpaired) electrons. The van der Waals surface area contributed by atoms with E-state index in [2.05, 4.69) is 4.98 Å². The average Bonchev–Trinajstić information content (AvgIpc) is 2.46. The van der Waals surface area contributed by atoms with Gasteiger partial charge in [0.2, 0.25) is 0 Å². The summed E-state index contributed by atoms with van der Waals surface area (Å²) in [5.74, 6) is 0.372. The Balaban J connectivity index is 1.89. The Labute approximate surface area is 125 Å². The summed E-state index contributed by atoms with van der Waals surface area (Å²) in [6.45, 7) is 7.05. The molecule has 1 aliphatic rings. The number of nitrogens with zero attached hydrogens (tertiary/aromatic N) is 2. The van der Waals surface area contributed by atoms with Gasteiger partial charge >= 0.3 is 6.09 Å². The summed E-state index contributed by atoms with van der Waals surface area (Å²) < 4.78 is 5.39. The molecule has 2 heterocycles. The van der Waals surface area contributed by atoms with E-state index in [0.29, 0.717) is 19.0 Å². The van der Waals surface area contributed by atoms with Crippen molar-refractivity contribution < 1.29 is 14.6 Å². The van der Waals surface area contributed by atoms with E-state index in [9.17, 15) is 4.79 Å². The van der Waals surface area contributed by atoms with Crippen LogP contribution in [-0.4, -0.2) is 39.8 Å². The number of aliphatic hydroxyl groups is 1. The molecule has 5 nitrogen and oxygen atoms in total. The average molecular weight is 292 g/mol. The van der Waals surface area contributed by atoms with Crippen LogP contribution < -0.4 is 0 Å². The summed E-state index contributed by atoms with van der Waals surface area (Å²) in [4.78, 5) is 18.2. The highest BCUT2D eigenvalue weighted by Crippen LogP contribution is 2.27. The lowest BCUT2D eigenvalue weighted by Crippen LogP contribution is -2.41. The van der Waals surface area contributed by atoms with Gasteiger partial charge < -0.3 is 14.7 Å². The van der Waals surface area contributed by atoms with Gasteiger partial charge in [-0.15, -0.1) is 0 Å². The number of hydrogen-bond donors (Lipinski definition) is 1. The van der Waals surface area contributed by atoms with Crippen LogP contribution in [0.3, 0.4) is 0 Å². The van der Waals surface area contributed by atoms with Crippen molar-refractivity contribution in [2.75, 3.05) is 13.1 Å². The Morgan fingerprint density at radius 3 is 2.52 bits per heavy atom. The summed E-state index contributed by atoms with van der Waals surface area (Å²) >= 11 is 0. The molecule has 0 bridgehead atoms. The van der Waals surface area contributed by atoms with Crippen molar-refractivity contribution in [3.05, 3.63) is 29.6 Å². The fourth-order valence-corrected chi connectivity index (χ4v) is 2.46. The van der Waals surface area contributed by atoms with Crippen molar-refractivity contribution in [3.8, 4) is 0 Å². The Hall–Kier alpha value is -1.62. The van der Waals surface area contributed by atoms with E-state index in [1.54, 1.807) is 11.1 Å². The summed E-state index contributed by atoms with van der Waals surface area (Å²) in [5.41, 5.74) is 1.41. The van der Waals surface area contributed by atoms with Crippen LogP contribution in [0.25, 0.3) is 0 Å². The first-order valence-electron chi connectivity index (χ1n) is 7.42. The molecule has 0 aromatic carbocycles. The van der Waals surface area contributed by atoms with Gasteiger partial charge in [-0.3, -0.25) is 4.98 Å². The highest BCUT2D eigenvalue weighted by atomic mass is 16.6. The van der Waals surface area contributed by atoms with E-state index in [1.165, 1.54) is 0 Å². The minimum Gasteiger partial charge on any atom is -0.444 e. The smallest absolute Gasteiger partial charge is 0.410 e. The Bertz CT molecular complexity index is 471. The number of aromatic nitrogens is 1. The summed E-state index contributed by atoms with van der Waals surface area (Å²) in [6.07, 6.45) is 3.27. The summed E-state index contributed by atoms with van der Waals surface area (Å²) in [7, 11) is 0. The topological polar surface area (TPSA) is 62.7 Å². The molecule has 0 spiro atoms. The number of rotatable bonds is 2. The SMILES string of the molecule is CC(C)(C)OC(=O)N1CCC(c2ccc(CO)cn2)CC1. The molecular formula is C16H24N2O3. The standard InChI is InChI=1S/C16H24N2O3/c1-16(2,3)21-15(20)18-8-6-13(7-9-18)14-5-4-12(11-19)10-17-14/h4-5,10,13,19H,6-9,11H2,1-3H3. The summed E-state index contributed by atoms with van der Waals surface area (Å²) in [5, 5.41) is 9.03. The van der Waals surface area contributed by atoms with Crippen LogP contribution in [0.4, 0.5) is 4.79 Å². The summed E-state index contributed by atoms with van der Waals surface area (Å²) in [6, 6.07) is 3.88. The van der Waals surface area contributed by atoms with E-state index < -0.39 is 5.60 Å². The first kappa shape index (κ1) is 15.8. The van der Waals surface area contributed by atoms with Gasteiger partial charge in [-0.2, -0.15) is 0 Å². The maximum atomic E-state index is 12.0. The van der Waals surface area contributed by atoms with Crippen molar-refractivity contribution in [2.24, 2.45) is 0 Å². The molecule has 0 saturated carbocycles. The highest BCUT2D eigenvalue weighted by molar-refractivity contribution is 5.68. The lowest BCUT2D eigenvalue weighted by molar-refractivity contribution is 0.0204. The van der Waals surface area contributed by atoms with E-state index in [0.717, 1.165) is 24.1 Å². The molecule has 2 rings (SSSR count). The lowest BCUT2D eigenvalue weighted by Gasteiger charge is -2.33. The minimum absolute atomic E-state index is 0.0182. The quantitative estimate of drug-likeness (QED) is 0.910. The third kappa shape index (κ3) is 4.43. The molecular weight excluding hydrogens is 268 g/mol. The van der Waals surface area contributed by atoms with E-state index >= 15 is 0 Å². The molecule has 1 aliphatic heterocycles. The van der Waals surface area contributed by atoms with Gasteiger partial charge in [-0.25, -0.2) is 4.79 Å². The van der Waals surface area contributed by atoms with Crippen molar-refractivity contribution >= 4 is 6.09 Å². The number of piperidine rings is 1. The van der Waals surface area contributed by atoms with Crippen LogP contribution in [0.2, 0.25) is 0 Å². The normalized spacial score (nSPS) is 16.9. The molecule has 5 heteroatoms. The Morgan fingerprint density at radius 1 is 1.38 bits per heavy atom. The molecule has 116 valence electrons. The van der Waals surface area contributed by atoms with Gasteiger partial charge in [-0.1, -0.05) is 6.07 Å². The van der Waals surface area contributed by atoms with Gasteiger partial charge in [0.1, 0.15) is 5.60 Å². The molecule has 1 aromatic rings. The zero-order chi connectivity index (χ0) is 15.5. The van der Waals surface area contributed by atoms with Crippen LogP contribution >= 0.6 is 0 Å². The maximum Gasteiger partial charge on any atom is 0.410 e. The van der Waals surface area contributed by atoms with Crippen molar-refractivity contribution in [1.29, 1.82) is 0 Å². The second-order valence-corrected chi connectivity index (χ2v) is 6.49. The largest absolute Gasteiger partial charge is 0.444 e. The third-order valence-electron chi connectivity index (χ3n) is 3.60. The van der Waals surface area contributed by atoms with Crippen molar-refractivity contribution in [3.63, 3.8) is 0 Å². The molecule has 1 fully saturated rings. The molecule has 0 aliphatic carbocycles. The Kier molecular flexibility index (Phi) is 4.83. The highest BCUT2D eigenvalue weighted by Gasteiger charge is 2.27. The molecule has 0 unspecified atom stereocenters. The van der Waals surface area contributed by atoms with Crippen LogP contribution in [0.5, 0.6) is 0 Å². The molecule has 1 amide bonds. The van der Waals surface area contributed by atoms with Gasteiger partial charge in [0.05, 0.1) is 6.61 Å². The number of carbonyl (C=O) groups excluding carboxylic acids is 1. The van der Waals surface area contributed by atoms with Crippen LogP contribution in [-0.2, 0) is 11.3 Å². The van der Waals surface area contributed by atoms with Crippen molar-refractivity contribution in [1.82, 2.24) is 9.88 Å². The van der Waals surface area contributed by atoms with Crippen LogP contribution in [0.15, 0.2) is 18.3 Å². The number of carbonyl (C=O) groups is 1. The molecule has 1 N–H and O–H groups in total. The number of ether oxygens (including phenoxy) is 1. The van der Waals surface area contributed by atoms with Gasteiger partial charge in [0, 0.05) is 30.9 Å². The molecule has 0 atom stereocenters. The first-order chi connectivity index (χ1) is 9.89. The second-order valence-electron chi connectivity index (χ2n) is 6.49.